The van der Waals surface area contributed by atoms with Crippen LogP contribution in [0.3, 0.4) is 0 Å². The lowest BCUT2D eigenvalue weighted by Crippen LogP contribution is -2.50. The molecule has 1 aliphatic rings. The van der Waals surface area contributed by atoms with Crippen molar-refractivity contribution in [2.24, 2.45) is 5.92 Å². The van der Waals surface area contributed by atoms with E-state index in [-0.39, 0.29) is 52.4 Å². The Morgan fingerprint density at radius 3 is 2.33 bits per heavy atom. The number of carbonyl (C=O) groups is 1. The van der Waals surface area contributed by atoms with Gasteiger partial charge in [0, 0.05) is 25.2 Å². The molecular formula is C29H35N3O8S2. The number of methoxy groups -OCH3 is 1. The number of likely N-dealkylation sites (N-methyl/N-ethyl adjacent to an activating group) is 1. The van der Waals surface area contributed by atoms with Crippen LogP contribution in [0.1, 0.15) is 24.2 Å². The molecule has 1 heterocycles. The van der Waals surface area contributed by atoms with Crippen molar-refractivity contribution >= 4 is 31.6 Å². The summed E-state index contributed by atoms with van der Waals surface area (Å²) in [6.07, 6.45) is -0.671. The minimum atomic E-state index is -4.00. The lowest BCUT2D eigenvalue weighted by Gasteiger charge is -2.38. The molecule has 0 spiro atoms. The predicted molar refractivity (Wildman–Crippen MR) is 158 cm³/mol. The fourth-order valence-corrected chi connectivity index (χ4v) is 6.85. The van der Waals surface area contributed by atoms with Gasteiger partial charge in [-0.15, -0.1) is 0 Å². The van der Waals surface area contributed by atoms with E-state index in [1.165, 1.54) is 78.0 Å². The third-order valence-corrected chi connectivity index (χ3v) is 10.4. The second kappa shape index (κ2) is 12.7. The average Bonchev–Trinajstić information content (AvgIpc) is 2.99. The highest BCUT2D eigenvalue weighted by Crippen LogP contribution is 2.32. The number of fused-ring (bicyclic) bond motifs is 1. The predicted octanol–water partition coefficient (Wildman–Crippen LogP) is 3.04. The van der Waals surface area contributed by atoms with Crippen LogP contribution in [0.4, 0.5) is 5.69 Å². The highest BCUT2D eigenvalue weighted by molar-refractivity contribution is 7.92. The molecule has 13 heteroatoms. The molecule has 226 valence electrons. The number of carbonyl (C=O) groups excluding carboxylic acids is 1. The third kappa shape index (κ3) is 6.70. The number of hydrogen-bond donors (Lipinski definition) is 2. The summed E-state index contributed by atoms with van der Waals surface area (Å²) in [7, 11) is -4.87. The molecule has 0 bridgehead atoms. The topological polar surface area (TPSA) is 143 Å². The fourth-order valence-electron chi connectivity index (χ4n) is 4.60. The van der Waals surface area contributed by atoms with E-state index in [4.69, 9.17) is 9.47 Å². The normalized spacial score (nSPS) is 18.4. The van der Waals surface area contributed by atoms with Gasteiger partial charge in [-0.05, 0) is 61.5 Å². The Balaban J connectivity index is 1.67. The van der Waals surface area contributed by atoms with Crippen LogP contribution in [0.25, 0.3) is 0 Å². The molecule has 0 radical (unpaired) electrons. The van der Waals surface area contributed by atoms with Crippen molar-refractivity contribution in [2.75, 3.05) is 38.6 Å². The molecule has 1 amide bonds. The van der Waals surface area contributed by atoms with Gasteiger partial charge in [0.05, 0.1) is 41.7 Å². The SMILES string of the molecule is COc1ccc(S(=O)(=O)Nc2ccc3c(c2)C(=O)N([C@@H](C)CO)C[C@H](C)[C@H](CN(C)S(=O)(=O)c2ccccc2)O3)cc1. The first-order chi connectivity index (χ1) is 19.9. The highest BCUT2D eigenvalue weighted by atomic mass is 32.2. The van der Waals surface area contributed by atoms with Crippen LogP contribution in [0, 0.1) is 5.92 Å². The van der Waals surface area contributed by atoms with E-state index in [2.05, 4.69) is 4.72 Å². The van der Waals surface area contributed by atoms with Crippen molar-refractivity contribution in [2.45, 2.75) is 35.8 Å². The van der Waals surface area contributed by atoms with E-state index in [0.29, 0.717) is 5.75 Å². The van der Waals surface area contributed by atoms with E-state index in [1.54, 1.807) is 25.1 Å². The number of aliphatic hydroxyl groups is 1. The first kappa shape index (κ1) is 31.3. The number of aliphatic hydroxyl groups excluding tert-OH is 1. The monoisotopic (exact) mass is 617 g/mol. The van der Waals surface area contributed by atoms with E-state index in [0.717, 1.165) is 0 Å². The zero-order valence-corrected chi connectivity index (χ0v) is 25.4. The Bertz CT molecular complexity index is 1610. The van der Waals surface area contributed by atoms with Crippen molar-refractivity contribution in [3.8, 4) is 11.5 Å². The van der Waals surface area contributed by atoms with Crippen LogP contribution in [-0.4, -0.2) is 83.1 Å². The standard InChI is InChI=1S/C29H35N3O8S2/c1-20-17-32(21(2)19-33)29(34)26-16-22(30-41(35,36)24-13-11-23(39-4)12-14-24)10-15-27(26)40-28(20)18-31(3)42(37,38)25-8-6-5-7-9-25/h5-16,20-21,28,30,33H,17-19H2,1-4H3/t20-,21-,28-/m0/s1. The van der Waals surface area contributed by atoms with Gasteiger partial charge >= 0.3 is 0 Å². The summed E-state index contributed by atoms with van der Waals surface area (Å²) in [4.78, 5) is 15.3. The van der Waals surface area contributed by atoms with Crippen LogP contribution in [0.2, 0.25) is 0 Å². The lowest BCUT2D eigenvalue weighted by atomic mass is 9.99. The first-order valence-corrected chi connectivity index (χ1v) is 16.2. The largest absolute Gasteiger partial charge is 0.497 e. The maximum atomic E-state index is 13.7. The van der Waals surface area contributed by atoms with E-state index < -0.39 is 38.1 Å². The Morgan fingerprint density at radius 2 is 1.71 bits per heavy atom. The van der Waals surface area contributed by atoms with Gasteiger partial charge < -0.3 is 19.5 Å². The molecule has 0 saturated carbocycles. The number of nitrogens with one attached hydrogen (secondary N) is 1. The van der Waals surface area contributed by atoms with Crippen LogP contribution >= 0.6 is 0 Å². The van der Waals surface area contributed by atoms with Crippen LogP contribution < -0.4 is 14.2 Å². The van der Waals surface area contributed by atoms with Crippen molar-refractivity contribution in [1.82, 2.24) is 9.21 Å². The smallest absolute Gasteiger partial charge is 0.261 e. The molecule has 2 N–H and O–H groups in total. The third-order valence-electron chi connectivity index (χ3n) is 7.18. The summed E-state index contributed by atoms with van der Waals surface area (Å²) in [5.41, 5.74) is 0.211. The second-order valence-corrected chi connectivity index (χ2v) is 13.9. The number of benzene rings is 3. The molecule has 3 atom stereocenters. The van der Waals surface area contributed by atoms with E-state index in [9.17, 15) is 26.7 Å². The van der Waals surface area contributed by atoms with E-state index >= 15 is 0 Å². The first-order valence-electron chi connectivity index (χ1n) is 13.3. The lowest BCUT2D eigenvalue weighted by molar-refractivity contribution is 0.0387. The number of rotatable bonds is 10. The summed E-state index contributed by atoms with van der Waals surface area (Å²) < 4.78 is 67.6. The fraction of sp³-hybridized carbons (Fsp3) is 0.345. The summed E-state index contributed by atoms with van der Waals surface area (Å²) in [5, 5.41) is 9.90. The number of hydrogen-bond acceptors (Lipinski definition) is 8. The van der Waals surface area contributed by atoms with Gasteiger partial charge in [-0.3, -0.25) is 9.52 Å². The second-order valence-electron chi connectivity index (χ2n) is 10.2. The maximum Gasteiger partial charge on any atom is 0.261 e. The van der Waals surface area contributed by atoms with Gasteiger partial charge in [0.2, 0.25) is 10.0 Å². The molecule has 11 nitrogen and oxygen atoms in total. The van der Waals surface area contributed by atoms with Crippen molar-refractivity contribution in [3.05, 3.63) is 78.4 Å². The molecule has 0 aliphatic carbocycles. The van der Waals surface area contributed by atoms with Gasteiger partial charge in [0.25, 0.3) is 15.9 Å². The summed E-state index contributed by atoms with van der Waals surface area (Å²) >= 11 is 0. The number of sulfonamides is 2. The Hall–Kier alpha value is -3.65. The van der Waals surface area contributed by atoms with Gasteiger partial charge in [0.1, 0.15) is 17.6 Å². The minimum Gasteiger partial charge on any atom is -0.497 e. The molecule has 0 unspecified atom stereocenters. The summed E-state index contributed by atoms with van der Waals surface area (Å²) in [6, 6.07) is 17.7. The van der Waals surface area contributed by atoms with Gasteiger partial charge in [-0.2, -0.15) is 4.31 Å². The molecule has 0 fully saturated rings. The molecular weight excluding hydrogens is 582 g/mol. The van der Waals surface area contributed by atoms with Crippen LogP contribution in [-0.2, 0) is 20.0 Å². The highest BCUT2D eigenvalue weighted by Gasteiger charge is 2.35. The molecule has 0 saturated heterocycles. The molecule has 3 aromatic carbocycles. The molecule has 42 heavy (non-hydrogen) atoms. The maximum absolute atomic E-state index is 13.7. The van der Waals surface area contributed by atoms with Crippen LogP contribution in [0.5, 0.6) is 11.5 Å². The number of amides is 1. The number of anilines is 1. The summed E-state index contributed by atoms with van der Waals surface area (Å²) in [5.74, 6) is -0.100. The van der Waals surface area contributed by atoms with E-state index in [1.807, 2.05) is 6.92 Å². The Labute approximate surface area is 246 Å². The minimum absolute atomic E-state index is 0.00435. The number of ether oxygens (including phenoxy) is 2. The summed E-state index contributed by atoms with van der Waals surface area (Å²) in [6.45, 7) is 3.40. The van der Waals surface area contributed by atoms with Gasteiger partial charge in [-0.1, -0.05) is 25.1 Å². The molecule has 0 aromatic heterocycles. The quantitative estimate of drug-likeness (QED) is 0.354. The molecule has 4 rings (SSSR count). The number of nitrogens with zero attached hydrogens (tertiary/aromatic N) is 2. The van der Waals surface area contributed by atoms with Crippen molar-refractivity contribution in [1.29, 1.82) is 0 Å². The zero-order valence-electron chi connectivity index (χ0n) is 23.8. The van der Waals surface area contributed by atoms with Crippen molar-refractivity contribution < 1.29 is 36.2 Å². The molecule has 3 aromatic rings. The van der Waals surface area contributed by atoms with Crippen LogP contribution in [0.15, 0.2) is 82.6 Å². The van der Waals surface area contributed by atoms with Gasteiger partial charge in [-0.25, -0.2) is 16.8 Å². The van der Waals surface area contributed by atoms with Crippen molar-refractivity contribution in [3.63, 3.8) is 0 Å². The molecule has 1 aliphatic heterocycles. The Morgan fingerprint density at radius 1 is 1.05 bits per heavy atom. The zero-order chi connectivity index (χ0) is 30.7. The average molecular weight is 618 g/mol. The van der Waals surface area contributed by atoms with Gasteiger partial charge in [0.15, 0.2) is 0 Å². The Kier molecular flexibility index (Phi) is 9.46.